The molecule has 6 rings (SSSR count). The monoisotopic (exact) mass is 738 g/mol. The molecular weight excluding hydrogens is 672 g/mol. The Morgan fingerprint density at radius 3 is 2.15 bits per heavy atom. The quantitative estimate of drug-likeness (QED) is 0.142. The molecule has 6 fully saturated rings. The van der Waals surface area contributed by atoms with Crippen LogP contribution in [0.15, 0.2) is 0 Å². The van der Waals surface area contributed by atoms with Gasteiger partial charge in [-0.2, -0.15) is 0 Å². The van der Waals surface area contributed by atoms with Gasteiger partial charge in [-0.15, -0.1) is 0 Å². The van der Waals surface area contributed by atoms with E-state index in [0.29, 0.717) is 18.8 Å². The van der Waals surface area contributed by atoms with Crippen LogP contribution in [0.2, 0.25) is 0 Å². The SMILES string of the molecule is CC(=O)O[C@H]1[C@H](O)[C@@H](O)[C@H](O[C@@H]2C[C@H]3C(C)(C)[C@H](OC(C)=O)CC[C@]3(C)[C@H]3CC[C@@]45C[C@]4(CC[C@@H]5[C@H](C)C[C@@H](O)[C@H](O)C(C)(C)O)[C@@]32C)O[C@@H]1CO. The Kier molecular flexibility index (Phi) is 10.4. The van der Waals surface area contributed by atoms with E-state index in [4.69, 9.17) is 18.9 Å². The highest BCUT2D eigenvalue weighted by molar-refractivity contribution is 5.66. The number of hydrogen-bond acceptors (Lipinski definition) is 12. The van der Waals surface area contributed by atoms with E-state index in [1.807, 2.05) is 0 Å². The van der Waals surface area contributed by atoms with Gasteiger partial charge >= 0.3 is 11.9 Å². The summed E-state index contributed by atoms with van der Waals surface area (Å²) >= 11 is 0. The number of carbonyl (C=O) groups excluding carboxylic acids is 2. The smallest absolute Gasteiger partial charge is 0.303 e. The van der Waals surface area contributed by atoms with Crippen LogP contribution in [0.25, 0.3) is 0 Å². The van der Waals surface area contributed by atoms with Crippen LogP contribution in [0.3, 0.4) is 0 Å². The predicted octanol–water partition coefficient (Wildman–Crippen LogP) is 3.24. The van der Waals surface area contributed by atoms with Crippen LogP contribution < -0.4 is 0 Å². The first-order chi connectivity index (χ1) is 24.0. The maximum atomic E-state index is 12.3. The molecule has 5 aliphatic carbocycles. The van der Waals surface area contributed by atoms with Crippen molar-refractivity contribution >= 4 is 11.9 Å². The molecule has 1 aliphatic heterocycles. The first-order valence-electron chi connectivity index (χ1n) is 19.7. The van der Waals surface area contributed by atoms with E-state index in [0.717, 1.165) is 44.9 Å². The Labute approximate surface area is 308 Å². The molecule has 6 N–H and O–H groups in total. The second kappa shape index (κ2) is 13.4. The topological polar surface area (TPSA) is 192 Å². The van der Waals surface area contributed by atoms with Crippen molar-refractivity contribution in [1.82, 2.24) is 0 Å². The van der Waals surface area contributed by atoms with E-state index in [1.165, 1.54) is 27.7 Å². The van der Waals surface area contributed by atoms with Gasteiger partial charge in [0.1, 0.15) is 30.5 Å². The van der Waals surface area contributed by atoms with Gasteiger partial charge in [0.15, 0.2) is 12.4 Å². The minimum absolute atomic E-state index is 0.00590. The molecule has 6 aliphatic rings. The molecule has 1 saturated heterocycles. The summed E-state index contributed by atoms with van der Waals surface area (Å²) in [6.45, 7) is 16.4. The van der Waals surface area contributed by atoms with Gasteiger partial charge < -0.3 is 49.6 Å². The van der Waals surface area contributed by atoms with Gasteiger partial charge in [-0.25, -0.2) is 0 Å². The molecule has 0 bridgehead atoms. The second-order valence-electron chi connectivity index (χ2n) is 19.5. The maximum absolute atomic E-state index is 12.3. The molecule has 5 saturated carbocycles. The number of rotatable bonds is 10. The summed E-state index contributed by atoms with van der Waals surface area (Å²) in [6, 6.07) is 0. The molecule has 0 aromatic carbocycles. The molecule has 12 nitrogen and oxygen atoms in total. The molecule has 1 heterocycles. The number of hydrogen-bond donors (Lipinski definition) is 6. The average molecular weight is 739 g/mol. The number of ether oxygens (including phenoxy) is 4. The van der Waals surface area contributed by atoms with Crippen molar-refractivity contribution in [1.29, 1.82) is 0 Å². The van der Waals surface area contributed by atoms with Crippen molar-refractivity contribution < 1.29 is 59.2 Å². The Balaban J connectivity index is 1.36. The Bertz CT molecular complexity index is 1360. The molecule has 17 atom stereocenters. The van der Waals surface area contributed by atoms with Gasteiger partial charge in [0, 0.05) is 24.7 Å². The second-order valence-corrected chi connectivity index (χ2v) is 19.5. The van der Waals surface area contributed by atoms with Crippen molar-refractivity contribution in [3.63, 3.8) is 0 Å². The van der Waals surface area contributed by atoms with Crippen LogP contribution in [-0.2, 0) is 28.5 Å². The summed E-state index contributed by atoms with van der Waals surface area (Å²) < 4.78 is 24.4. The fraction of sp³-hybridized carbons (Fsp3) is 0.950. The van der Waals surface area contributed by atoms with Crippen molar-refractivity contribution in [3.05, 3.63) is 0 Å². The van der Waals surface area contributed by atoms with E-state index in [9.17, 15) is 40.2 Å². The zero-order chi connectivity index (χ0) is 38.6. The highest BCUT2D eigenvalue weighted by Gasteiger charge is 2.85. The Morgan fingerprint density at radius 1 is 0.904 bits per heavy atom. The van der Waals surface area contributed by atoms with Crippen molar-refractivity contribution in [2.45, 2.75) is 181 Å². The standard InChI is InChI=1S/C40H66O12/c1-20(16-24(44)33(47)36(6,7)48)23-10-15-40-19-39(23,40)14-11-26-37(8)13-12-28(49-21(2)42)35(4,5)27(37)17-29(38(26,40)9)52-34-31(46)30(45)32(50-22(3)43)25(18-41)51-34/h20,23-34,41,44-48H,10-19H2,1-9H3/t20-,23-,24-,25-,26-,27+,28-,29-,30-,31-,32-,33+,34+,37-,38+,39+,40-/m1/s1. The minimum atomic E-state index is -1.54. The highest BCUT2D eigenvalue weighted by atomic mass is 16.7. The number of aliphatic hydroxyl groups is 6. The van der Waals surface area contributed by atoms with Gasteiger partial charge in [-0.05, 0) is 112 Å². The number of fused-ring (bicyclic) bond motifs is 3. The highest BCUT2D eigenvalue weighted by Crippen LogP contribution is 2.91. The molecular formula is C40H66O12. The molecule has 52 heavy (non-hydrogen) atoms. The third-order valence-electron chi connectivity index (χ3n) is 16.2. The summed E-state index contributed by atoms with van der Waals surface area (Å²) in [6.07, 6.45) is -2.13. The molecule has 0 radical (unpaired) electrons. The first-order valence-corrected chi connectivity index (χ1v) is 19.7. The van der Waals surface area contributed by atoms with Gasteiger partial charge in [0.2, 0.25) is 0 Å². The number of carbonyl (C=O) groups is 2. The molecule has 298 valence electrons. The van der Waals surface area contributed by atoms with Gasteiger partial charge in [-0.3, -0.25) is 9.59 Å². The molecule has 0 aromatic heterocycles. The van der Waals surface area contributed by atoms with Crippen molar-refractivity contribution in [2.75, 3.05) is 6.61 Å². The van der Waals surface area contributed by atoms with E-state index >= 15 is 0 Å². The predicted molar refractivity (Wildman–Crippen MR) is 188 cm³/mol. The van der Waals surface area contributed by atoms with Crippen LogP contribution in [-0.4, -0.2) is 110 Å². The summed E-state index contributed by atoms with van der Waals surface area (Å²) in [7, 11) is 0. The zero-order valence-electron chi connectivity index (χ0n) is 32.7. The van der Waals surface area contributed by atoms with Gasteiger partial charge in [-0.1, -0.05) is 34.6 Å². The molecule has 0 amide bonds. The third kappa shape index (κ3) is 5.91. The van der Waals surface area contributed by atoms with Gasteiger partial charge in [0.05, 0.1) is 24.4 Å². The lowest BCUT2D eigenvalue weighted by atomic mass is 9.37. The number of esters is 2. The van der Waals surface area contributed by atoms with Crippen LogP contribution in [0.1, 0.15) is 120 Å². The van der Waals surface area contributed by atoms with E-state index < -0.39 is 67.2 Å². The molecule has 0 unspecified atom stereocenters. The van der Waals surface area contributed by atoms with Crippen LogP contribution in [0.4, 0.5) is 0 Å². The first kappa shape index (κ1) is 40.3. The zero-order valence-corrected chi connectivity index (χ0v) is 32.7. The lowest BCUT2D eigenvalue weighted by Crippen LogP contribution is -2.68. The lowest BCUT2D eigenvalue weighted by molar-refractivity contribution is -0.344. The molecule has 0 aromatic rings. The van der Waals surface area contributed by atoms with Crippen LogP contribution in [0, 0.1) is 50.7 Å². The molecule has 12 heteroatoms. The fourth-order valence-electron chi connectivity index (χ4n) is 13.8. The van der Waals surface area contributed by atoms with Crippen molar-refractivity contribution in [3.8, 4) is 0 Å². The molecule has 0 spiro atoms. The fourth-order valence-corrected chi connectivity index (χ4v) is 13.8. The summed E-state index contributed by atoms with van der Waals surface area (Å²) in [5, 5.41) is 65.0. The normalized spacial score (nSPS) is 48.2. The van der Waals surface area contributed by atoms with E-state index in [2.05, 4.69) is 34.6 Å². The summed E-state index contributed by atoms with van der Waals surface area (Å²) in [5.74, 6) is -0.250. The number of aliphatic hydroxyl groups excluding tert-OH is 5. The maximum Gasteiger partial charge on any atom is 0.303 e. The van der Waals surface area contributed by atoms with E-state index in [1.54, 1.807) is 0 Å². The lowest BCUT2D eigenvalue weighted by Gasteiger charge is -2.69. The average Bonchev–Trinajstić information content (AvgIpc) is 3.61. The largest absolute Gasteiger partial charge is 0.462 e. The van der Waals surface area contributed by atoms with Crippen LogP contribution in [0.5, 0.6) is 0 Å². The van der Waals surface area contributed by atoms with Crippen molar-refractivity contribution in [2.24, 2.45) is 50.7 Å². The summed E-state index contributed by atoms with van der Waals surface area (Å²) in [4.78, 5) is 24.1. The summed E-state index contributed by atoms with van der Waals surface area (Å²) in [5.41, 5.74) is -2.38. The Hall–Kier alpha value is -1.38. The Morgan fingerprint density at radius 2 is 1.56 bits per heavy atom. The van der Waals surface area contributed by atoms with Crippen LogP contribution >= 0.6 is 0 Å². The van der Waals surface area contributed by atoms with E-state index in [-0.39, 0.29) is 56.9 Å². The minimum Gasteiger partial charge on any atom is -0.462 e. The van der Waals surface area contributed by atoms with Gasteiger partial charge in [0.25, 0.3) is 0 Å². The third-order valence-corrected chi connectivity index (χ3v) is 16.2.